The highest BCUT2D eigenvalue weighted by Gasteiger charge is 2.20. The minimum Gasteiger partial charge on any atom is -0.479 e. The summed E-state index contributed by atoms with van der Waals surface area (Å²) in [7, 11) is 1.17. The molecule has 3 rings (SSSR count). The molecule has 0 spiro atoms. The minimum absolute atomic E-state index is 0.00624. The summed E-state index contributed by atoms with van der Waals surface area (Å²) >= 11 is 0. The van der Waals surface area contributed by atoms with Gasteiger partial charge in [-0.15, -0.1) is 0 Å². The van der Waals surface area contributed by atoms with Crippen LogP contribution >= 0.6 is 0 Å². The highest BCUT2D eigenvalue weighted by molar-refractivity contribution is 5.90. The molecule has 0 aliphatic rings. The van der Waals surface area contributed by atoms with Gasteiger partial charge in [0, 0.05) is 11.8 Å². The van der Waals surface area contributed by atoms with Crippen LogP contribution in [0.5, 0.6) is 5.75 Å². The molecule has 0 aliphatic carbocycles. The average molecular weight is 414 g/mol. The molecule has 1 aromatic heterocycles. The molecule has 1 heterocycles. The number of nitro benzene ring substituents is 1. The quantitative estimate of drug-likeness (QED) is 0.335. The number of ether oxygens (including phenoxy) is 2. The van der Waals surface area contributed by atoms with Crippen molar-refractivity contribution in [3.63, 3.8) is 0 Å². The van der Waals surface area contributed by atoms with Crippen molar-refractivity contribution in [2.45, 2.75) is 6.61 Å². The molecule has 0 unspecified atom stereocenters. The fourth-order valence-electron chi connectivity index (χ4n) is 2.39. The summed E-state index contributed by atoms with van der Waals surface area (Å²) in [6, 6.07) is 9.13. The first kappa shape index (κ1) is 20.4. The molecule has 0 saturated carbocycles. The van der Waals surface area contributed by atoms with E-state index in [0.29, 0.717) is 5.69 Å². The van der Waals surface area contributed by atoms with Gasteiger partial charge in [-0.1, -0.05) is 0 Å². The first-order valence-electron chi connectivity index (χ1n) is 8.38. The van der Waals surface area contributed by atoms with E-state index in [1.807, 2.05) is 0 Å². The number of carbonyl (C=O) groups excluding carboxylic acids is 1. The second kappa shape index (κ2) is 8.77. The molecule has 0 atom stereocenters. The van der Waals surface area contributed by atoms with Crippen LogP contribution in [0, 0.1) is 15.9 Å². The van der Waals surface area contributed by atoms with E-state index in [1.54, 1.807) is 0 Å². The first-order chi connectivity index (χ1) is 14.4. The largest absolute Gasteiger partial charge is 0.479 e. The van der Waals surface area contributed by atoms with Gasteiger partial charge < -0.3 is 20.5 Å². The molecule has 11 nitrogen and oxygen atoms in total. The Morgan fingerprint density at radius 3 is 2.60 bits per heavy atom. The second-order valence-electron chi connectivity index (χ2n) is 5.79. The lowest BCUT2D eigenvalue weighted by Crippen LogP contribution is -2.10. The maximum Gasteiger partial charge on any atom is 0.338 e. The summed E-state index contributed by atoms with van der Waals surface area (Å²) in [6.07, 6.45) is 0. The van der Waals surface area contributed by atoms with E-state index in [4.69, 9.17) is 10.5 Å². The molecule has 0 bridgehead atoms. The Labute approximate surface area is 168 Å². The van der Waals surface area contributed by atoms with Crippen molar-refractivity contribution in [1.82, 2.24) is 15.0 Å². The van der Waals surface area contributed by atoms with Crippen LogP contribution in [-0.4, -0.2) is 33.0 Å². The van der Waals surface area contributed by atoms with Gasteiger partial charge in [0.1, 0.15) is 12.4 Å². The number of methoxy groups -OCH3 is 1. The van der Waals surface area contributed by atoms with E-state index in [2.05, 4.69) is 25.0 Å². The standard InChI is InChI=1S/C18H15FN6O5/c1-29-16(26)10-2-7-14(13(8-10)25(27)28)30-9-15-22-17(20)24-18(23-15)21-12-5-3-11(19)4-6-12/h2-8H,9H2,1H3,(H3,20,21,22,23,24). The number of nitrogens with two attached hydrogens (primary N) is 1. The molecule has 0 fully saturated rings. The molecule has 3 N–H and O–H groups in total. The lowest BCUT2D eigenvalue weighted by Gasteiger charge is -2.09. The average Bonchev–Trinajstić information content (AvgIpc) is 2.72. The van der Waals surface area contributed by atoms with Crippen LogP contribution in [0.4, 0.5) is 27.7 Å². The van der Waals surface area contributed by atoms with Gasteiger partial charge in [-0.2, -0.15) is 15.0 Å². The summed E-state index contributed by atoms with van der Waals surface area (Å²) < 4.78 is 23.0. The summed E-state index contributed by atoms with van der Waals surface area (Å²) in [6.45, 7) is -0.261. The van der Waals surface area contributed by atoms with Gasteiger partial charge in [-0.25, -0.2) is 9.18 Å². The van der Waals surface area contributed by atoms with Crippen molar-refractivity contribution in [3.8, 4) is 5.75 Å². The van der Waals surface area contributed by atoms with Gasteiger partial charge in [-0.3, -0.25) is 10.1 Å². The predicted octanol–water partition coefficient (Wildman–Crippen LogP) is 2.61. The topological polar surface area (TPSA) is 155 Å². The number of nitrogens with zero attached hydrogens (tertiary/aromatic N) is 4. The third kappa shape index (κ3) is 4.92. The number of nitro groups is 1. The monoisotopic (exact) mass is 414 g/mol. The van der Waals surface area contributed by atoms with Crippen LogP contribution in [0.15, 0.2) is 42.5 Å². The summed E-state index contributed by atoms with van der Waals surface area (Å²) in [5.41, 5.74) is 5.77. The van der Waals surface area contributed by atoms with Crippen LogP contribution < -0.4 is 15.8 Å². The summed E-state index contributed by atoms with van der Waals surface area (Å²) in [5, 5.41) is 14.1. The van der Waals surface area contributed by atoms with Gasteiger partial charge in [0.15, 0.2) is 11.6 Å². The van der Waals surface area contributed by atoms with Crippen LogP contribution in [-0.2, 0) is 11.3 Å². The molecule has 12 heteroatoms. The van der Waals surface area contributed by atoms with Gasteiger partial charge in [-0.05, 0) is 36.4 Å². The number of rotatable bonds is 7. The van der Waals surface area contributed by atoms with Gasteiger partial charge in [0.05, 0.1) is 17.6 Å². The number of nitrogens with one attached hydrogen (secondary N) is 1. The Bertz CT molecular complexity index is 1090. The smallest absolute Gasteiger partial charge is 0.338 e. The number of carbonyl (C=O) groups is 1. The lowest BCUT2D eigenvalue weighted by atomic mass is 10.2. The fourth-order valence-corrected chi connectivity index (χ4v) is 2.39. The van der Waals surface area contributed by atoms with Gasteiger partial charge in [0.2, 0.25) is 11.9 Å². The normalized spacial score (nSPS) is 10.3. The van der Waals surface area contributed by atoms with E-state index in [-0.39, 0.29) is 35.6 Å². The molecule has 30 heavy (non-hydrogen) atoms. The van der Waals surface area contributed by atoms with Crippen molar-refractivity contribution in [2.75, 3.05) is 18.2 Å². The van der Waals surface area contributed by atoms with Crippen LogP contribution in [0.25, 0.3) is 0 Å². The maximum atomic E-state index is 13.0. The van der Waals surface area contributed by atoms with E-state index in [9.17, 15) is 19.3 Å². The molecule has 0 amide bonds. The summed E-state index contributed by atoms with van der Waals surface area (Å²) in [4.78, 5) is 34.2. The van der Waals surface area contributed by atoms with Crippen molar-refractivity contribution in [3.05, 3.63) is 69.8 Å². The second-order valence-corrected chi connectivity index (χ2v) is 5.79. The SMILES string of the molecule is COC(=O)c1ccc(OCc2nc(N)nc(Nc3ccc(F)cc3)n2)c([N+](=O)[O-])c1. The Kier molecular flexibility index (Phi) is 5.96. The Morgan fingerprint density at radius 2 is 1.93 bits per heavy atom. The molecule has 154 valence electrons. The van der Waals surface area contributed by atoms with E-state index in [1.165, 1.54) is 43.5 Å². The third-order valence-corrected chi connectivity index (χ3v) is 3.73. The van der Waals surface area contributed by atoms with Gasteiger partial charge >= 0.3 is 11.7 Å². The number of benzene rings is 2. The maximum absolute atomic E-state index is 13.0. The molecule has 0 saturated heterocycles. The number of esters is 1. The highest BCUT2D eigenvalue weighted by atomic mass is 19.1. The van der Waals surface area contributed by atoms with E-state index >= 15 is 0 Å². The molecule has 3 aromatic rings. The number of hydrogen-bond donors (Lipinski definition) is 2. The van der Waals surface area contributed by atoms with Crippen molar-refractivity contribution in [2.24, 2.45) is 0 Å². The third-order valence-electron chi connectivity index (χ3n) is 3.73. The molecule has 0 radical (unpaired) electrons. The zero-order valence-electron chi connectivity index (χ0n) is 15.5. The fraction of sp³-hybridized carbons (Fsp3) is 0.111. The number of aromatic nitrogens is 3. The number of nitrogen functional groups attached to an aromatic ring is 1. The number of hydrogen-bond acceptors (Lipinski definition) is 10. The zero-order valence-corrected chi connectivity index (χ0v) is 15.5. The van der Waals surface area contributed by atoms with Crippen molar-refractivity contribution < 1.29 is 23.6 Å². The molecule has 0 aliphatic heterocycles. The molecular weight excluding hydrogens is 399 g/mol. The van der Waals surface area contributed by atoms with Crippen LogP contribution in [0.3, 0.4) is 0 Å². The Balaban J connectivity index is 1.78. The first-order valence-corrected chi connectivity index (χ1v) is 8.38. The van der Waals surface area contributed by atoms with Crippen LogP contribution in [0.1, 0.15) is 16.2 Å². The van der Waals surface area contributed by atoms with E-state index in [0.717, 1.165) is 6.07 Å². The minimum atomic E-state index is -0.716. The zero-order chi connectivity index (χ0) is 21.7. The Morgan fingerprint density at radius 1 is 1.20 bits per heavy atom. The van der Waals surface area contributed by atoms with Crippen molar-refractivity contribution >= 4 is 29.2 Å². The number of anilines is 3. The summed E-state index contributed by atoms with van der Waals surface area (Å²) in [5.74, 6) is -1.14. The van der Waals surface area contributed by atoms with Crippen LogP contribution in [0.2, 0.25) is 0 Å². The highest BCUT2D eigenvalue weighted by Crippen LogP contribution is 2.29. The van der Waals surface area contributed by atoms with Crippen molar-refractivity contribution in [1.29, 1.82) is 0 Å². The predicted molar refractivity (Wildman–Crippen MR) is 103 cm³/mol. The number of halogens is 1. The van der Waals surface area contributed by atoms with E-state index < -0.39 is 22.4 Å². The lowest BCUT2D eigenvalue weighted by molar-refractivity contribution is -0.386. The molecule has 2 aromatic carbocycles. The van der Waals surface area contributed by atoms with Gasteiger partial charge in [0.25, 0.3) is 0 Å². The molecular formula is C18H15FN6O5. The Hall–Kier alpha value is -4.35.